The molecule has 1 fully saturated rings. The SMILES string of the molecule is C=CC1CCC(c2ccc(CCCC=C(F)F)cc2)OC1. The zero-order valence-corrected chi connectivity index (χ0v) is 12.2. The third-order valence-corrected chi connectivity index (χ3v) is 3.96. The molecule has 2 atom stereocenters. The highest BCUT2D eigenvalue weighted by Crippen LogP contribution is 2.31. The van der Waals surface area contributed by atoms with Gasteiger partial charge in [-0.3, -0.25) is 0 Å². The van der Waals surface area contributed by atoms with Crippen molar-refractivity contribution in [1.82, 2.24) is 0 Å². The van der Waals surface area contributed by atoms with Crippen LogP contribution in [0, 0.1) is 5.92 Å². The highest BCUT2D eigenvalue weighted by molar-refractivity contribution is 5.24. The van der Waals surface area contributed by atoms with Crippen LogP contribution in [0.25, 0.3) is 0 Å². The quantitative estimate of drug-likeness (QED) is 0.501. The van der Waals surface area contributed by atoms with E-state index < -0.39 is 6.08 Å². The molecule has 0 N–H and O–H groups in total. The normalized spacial score (nSPS) is 21.8. The predicted molar refractivity (Wildman–Crippen MR) is 81.3 cm³/mol. The standard InChI is InChI=1S/C18H22F2O/c1-2-14-9-12-17(21-13-14)16-10-7-15(8-11-16)5-3-4-6-18(19)20/h2,6-8,10-11,14,17H,1,3-5,9,12-13H2. The molecule has 0 bridgehead atoms. The van der Waals surface area contributed by atoms with Gasteiger partial charge in [-0.25, -0.2) is 0 Å². The number of benzene rings is 1. The number of aryl methyl sites for hydroxylation is 1. The lowest BCUT2D eigenvalue weighted by Gasteiger charge is -2.27. The number of hydrogen-bond acceptors (Lipinski definition) is 1. The molecule has 1 aromatic rings. The Morgan fingerprint density at radius 3 is 2.57 bits per heavy atom. The molecule has 1 heterocycles. The smallest absolute Gasteiger partial charge is 0.266 e. The molecule has 2 unspecified atom stereocenters. The van der Waals surface area contributed by atoms with E-state index >= 15 is 0 Å². The summed E-state index contributed by atoms with van der Waals surface area (Å²) >= 11 is 0. The summed E-state index contributed by atoms with van der Waals surface area (Å²) in [5.41, 5.74) is 2.39. The number of ether oxygens (including phenoxy) is 1. The van der Waals surface area contributed by atoms with E-state index in [1.807, 2.05) is 6.08 Å². The van der Waals surface area contributed by atoms with Gasteiger partial charge in [0.05, 0.1) is 12.7 Å². The molecule has 0 amide bonds. The van der Waals surface area contributed by atoms with E-state index in [2.05, 4.69) is 30.8 Å². The van der Waals surface area contributed by atoms with Gasteiger partial charge in [0.2, 0.25) is 0 Å². The summed E-state index contributed by atoms with van der Waals surface area (Å²) in [6.45, 7) is 4.56. The van der Waals surface area contributed by atoms with Crippen LogP contribution in [0.5, 0.6) is 0 Å². The Labute approximate surface area is 125 Å². The van der Waals surface area contributed by atoms with Crippen LogP contribution in [0.1, 0.15) is 42.9 Å². The van der Waals surface area contributed by atoms with Crippen molar-refractivity contribution in [2.45, 2.75) is 38.2 Å². The molecular formula is C18H22F2O. The minimum Gasteiger partial charge on any atom is -0.373 e. The second kappa shape index (κ2) is 8.08. The van der Waals surface area contributed by atoms with Gasteiger partial charge in [0.15, 0.2) is 0 Å². The van der Waals surface area contributed by atoms with Crippen molar-refractivity contribution in [2.75, 3.05) is 6.61 Å². The highest BCUT2D eigenvalue weighted by atomic mass is 19.3. The lowest BCUT2D eigenvalue weighted by Crippen LogP contribution is -2.19. The first-order chi connectivity index (χ1) is 10.2. The van der Waals surface area contributed by atoms with Crippen LogP contribution in [0.3, 0.4) is 0 Å². The molecule has 114 valence electrons. The van der Waals surface area contributed by atoms with Crippen molar-refractivity contribution in [3.05, 3.63) is 60.2 Å². The van der Waals surface area contributed by atoms with Crippen molar-refractivity contribution >= 4 is 0 Å². The van der Waals surface area contributed by atoms with E-state index in [0.717, 1.165) is 38.4 Å². The van der Waals surface area contributed by atoms with Crippen LogP contribution < -0.4 is 0 Å². The minimum atomic E-state index is -1.59. The first-order valence-corrected chi connectivity index (χ1v) is 7.53. The molecule has 2 rings (SSSR count). The number of unbranched alkanes of at least 4 members (excludes halogenated alkanes) is 1. The zero-order chi connectivity index (χ0) is 15.1. The lowest BCUT2D eigenvalue weighted by atomic mass is 9.94. The minimum absolute atomic E-state index is 0.179. The van der Waals surface area contributed by atoms with Gasteiger partial charge in [0, 0.05) is 5.92 Å². The summed E-state index contributed by atoms with van der Waals surface area (Å²) in [4.78, 5) is 0. The first-order valence-electron chi connectivity index (χ1n) is 7.53. The Morgan fingerprint density at radius 2 is 2.00 bits per heavy atom. The molecule has 0 saturated carbocycles. The van der Waals surface area contributed by atoms with Crippen LogP contribution >= 0.6 is 0 Å². The molecule has 3 heteroatoms. The van der Waals surface area contributed by atoms with Crippen LogP contribution in [0.2, 0.25) is 0 Å². The maximum Gasteiger partial charge on any atom is 0.266 e. The number of hydrogen-bond donors (Lipinski definition) is 0. The van der Waals surface area contributed by atoms with Gasteiger partial charge in [-0.05, 0) is 49.3 Å². The van der Waals surface area contributed by atoms with E-state index in [4.69, 9.17) is 4.74 Å². The van der Waals surface area contributed by atoms with Gasteiger partial charge in [-0.2, -0.15) is 8.78 Å². The first kappa shape index (κ1) is 15.9. The third-order valence-electron chi connectivity index (χ3n) is 3.96. The lowest BCUT2D eigenvalue weighted by molar-refractivity contribution is -0.00514. The van der Waals surface area contributed by atoms with Crippen molar-refractivity contribution < 1.29 is 13.5 Å². The topological polar surface area (TPSA) is 9.23 Å². The monoisotopic (exact) mass is 292 g/mol. The van der Waals surface area contributed by atoms with Gasteiger partial charge in [-0.1, -0.05) is 30.3 Å². The van der Waals surface area contributed by atoms with Gasteiger partial charge >= 0.3 is 0 Å². The summed E-state index contributed by atoms with van der Waals surface area (Å²) in [6.07, 6.45) is 5.70. The van der Waals surface area contributed by atoms with E-state index in [9.17, 15) is 8.78 Å². The van der Waals surface area contributed by atoms with E-state index in [1.54, 1.807) is 0 Å². The fourth-order valence-corrected chi connectivity index (χ4v) is 2.64. The number of rotatable bonds is 6. The number of halogens is 2. The van der Waals surface area contributed by atoms with Gasteiger partial charge in [0.1, 0.15) is 0 Å². The van der Waals surface area contributed by atoms with Gasteiger partial charge in [0.25, 0.3) is 6.08 Å². The van der Waals surface area contributed by atoms with Crippen LogP contribution in [-0.2, 0) is 11.2 Å². The maximum atomic E-state index is 11.9. The summed E-state index contributed by atoms with van der Waals surface area (Å²) in [7, 11) is 0. The second-order valence-corrected chi connectivity index (χ2v) is 5.52. The largest absolute Gasteiger partial charge is 0.373 e. The Balaban J connectivity index is 1.82. The molecule has 0 radical (unpaired) electrons. The van der Waals surface area contributed by atoms with Crippen molar-refractivity contribution in [3.63, 3.8) is 0 Å². The van der Waals surface area contributed by atoms with E-state index in [-0.39, 0.29) is 6.10 Å². The van der Waals surface area contributed by atoms with Crippen LogP contribution in [0.4, 0.5) is 8.78 Å². The van der Waals surface area contributed by atoms with Crippen molar-refractivity contribution in [1.29, 1.82) is 0 Å². The zero-order valence-electron chi connectivity index (χ0n) is 12.2. The second-order valence-electron chi connectivity index (χ2n) is 5.52. The molecule has 1 nitrogen and oxygen atoms in total. The molecule has 0 aromatic heterocycles. The van der Waals surface area contributed by atoms with Gasteiger partial charge in [-0.15, -0.1) is 6.58 Å². The Morgan fingerprint density at radius 1 is 1.24 bits per heavy atom. The summed E-state index contributed by atoms with van der Waals surface area (Å²) in [5, 5.41) is 0. The number of allylic oxidation sites excluding steroid dienone is 1. The van der Waals surface area contributed by atoms with Crippen LogP contribution in [-0.4, -0.2) is 6.61 Å². The Kier molecular flexibility index (Phi) is 6.12. The fourth-order valence-electron chi connectivity index (χ4n) is 2.64. The Bertz CT molecular complexity index is 466. The van der Waals surface area contributed by atoms with E-state index in [0.29, 0.717) is 12.3 Å². The molecule has 0 aliphatic carbocycles. The summed E-state index contributed by atoms with van der Waals surface area (Å²) < 4.78 is 29.7. The predicted octanol–water partition coefficient (Wildman–Crippen LogP) is 5.44. The molecule has 1 aliphatic heterocycles. The third kappa shape index (κ3) is 5.09. The molecule has 0 spiro atoms. The summed E-state index contributed by atoms with van der Waals surface area (Å²) in [6, 6.07) is 8.35. The Hall–Kier alpha value is -1.48. The molecule has 1 aliphatic rings. The maximum absolute atomic E-state index is 11.9. The average molecular weight is 292 g/mol. The van der Waals surface area contributed by atoms with Gasteiger partial charge < -0.3 is 4.74 Å². The van der Waals surface area contributed by atoms with Crippen LogP contribution in [0.15, 0.2) is 49.1 Å². The van der Waals surface area contributed by atoms with E-state index in [1.165, 1.54) is 11.1 Å². The molecule has 1 aromatic carbocycles. The van der Waals surface area contributed by atoms with Crippen molar-refractivity contribution in [3.8, 4) is 0 Å². The molecule has 1 saturated heterocycles. The van der Waals surface area contributed by atoms with Crippen molar-refractivity contribution in [2.24, 2.45) is 5.92 Å². The molecule has 21 heavy (non-hydrogen) atoms. The fraction of sp³-hybridized carbons (Fsp3) is 0.444. The molecular weight excluding hydrogens is 270 g/mol. The highest BCUT2D eigenvalue weighted by Gasteiger charge is 2.20. The average Bonchev–Trinajstić information content (AvgIpc) is 2.52. The summed E-state index contributed by atoms with van der Waals surface area (Å²) in [5.74, 6) is 0.476.